The Hall–Kier alpha value is -1.96. The van der Waals surface area contributed by atoms with Crippen LogP contribution >= 0.6 is 11.3 Å². The number of nitrogens with zero attached hydrogens (tertiary/aromatic N) is 1. The van der Waals surface area contributed by atoms with Crippen LogP contribution in [0.25, 0.3) is 10.1 Å². The monoisotopic (exact) mass is 319 g/mol. The third-order valence-electron chi connectivity index (χ3n) is 3.00. The van der Waals surface area contributed by atoms with Crippen LogP contribution in [0.2, 0.25) is 0 Å². The number of thiophene rings is 1. The van der Waals surface area contributed by atoms with Gasteiger partial charge in [-0.25, -0.2) is 8.42 Å². The summed E-state index contributed by atoms with van der Waals surface area (Å²) in [7, 11) is -3.69. The van der Waals surface area contributed by atoms with Crippen LogP contribution in [0.3, 0.4) is 0 Å². The summed E-state index contributed by atoms with van der Waals surface area (Å²) in [6.45, 7) is 0.186. The average molecular weight is 319 g/mol. The van der Waals surface area contributed by atoms with E-state index in [4.69, 9.17) is 5.73 Å². The summed E-state index contributed by atoms with van der Waals surface area (Å²) >= 11 is 1.40. The zero-order valence-corrected chi connectivity index (χ0v) is 12.6. The molecule has 0 amide bonds. The van der Waals surface area contributed by atoms with Gasteiger partial charge in [0, 0.05) is 33.9 Å². The Bertz CT molecular complexity index is 874. The molecule has 0 saturated carbocycles. The predicted octanol–water partition coefficient (Wildman–Crippen LogP) is 2.56. The molecule has 0 unspecified atom stereocenters. The van der Waals surface area contributed by atoms with E-state index in [2.05, 4.69) is 9.71 Å². The van der Waals surface area contributed by atoms with Gasteiger partial charge in [0.15, 0.2) is 0 Å². The molecule has 0 aliphatic rings. The Labute approximate surface area is 126 Å². The van der Waals surface area contributed by atoms with Crippen molar-refractivity contribution in [3.05, 3.63) is 53.7 Å². The lowest BCUT2D eigenvalue weighted by molar-refractivity contribution is 0.601. The molecule has 3 N–H and O–H groups in total. The lowest BCUT2D eigenvalue weighted by Gasteiger charge is -2.08. The maximum atomic E-state index is 12.7. The molecule has 0 bridgehead atoms. The first-order valence-corrected chi connectivity index (χ1v) is 8.55. The molecule has 2 heterocycles. The summed E-state index contributed by atoms with van der Waals surface area (Å²) in [4.78, 5) is 4.79. The molecule has 0 spiro atoms. The standard InChI is InChI=1S/C14H13N3O2S2/c15-9-13-14(11-3-1-2-4-12(11)20-13)21(18,19)17-10-5-7-16-8-6-10/h1-8H,9,15H2,(H,16,17). The number of nitrogens with one attached hydrogen (secondary N) is 1. The number of aromatic nitrogens is 1. The van der Waals surface area contributed by atoms with Crippen molar-refractivity contribution in [1.29, 1.82) is 0 Å². The number of anilines is 1. The molecule has 21 heavy (non-hydrogen) atoms. The Balaban J connectivity index is 2.14. The van der Waals surface area contributed by atoms with Crippen LogP contribution in [0.5, 0.6) is 0 Å². The SMILES string of the molecule is NCc1sc2ccccc2c1S(=O)(=O)Nc1ccncc1. The number of rotatable bonds is 4. The van der Waals surface area contributed by atoms with Crippen molar-refractivity contribution in [2.45, 2.75) is 11.4 Å². The van der Waals surface area contributed by atoms with E-state index >= 15 is 0 Å². The average Bonchev–Trinajstić information content (AvgIpc) is 2.87. The fourth-order valence-corrected chi connectivity index (χ4v) is 5.02. The lowest BCUT2D eigenvalue weighted by Crippen LogP contribution is -2.15. The molecule has 0 aliphatic carbocycles. The molecule has 5 nitrogen and oxygen atoms in total. The molecule has 0 saturated heterocycles. The highest BCUT2D eigenvalue weighted by Crippen LogP contribution is 2.35. The van der Waals surface area contributed by atoms with Crippen LogP contribution in [0.1, 0.15) is 4.88 Å². The lowest BCUT2D eigenvalue weighted by atomic mass is 10.2. The second-order valence-electron chi connectivity index (χ2n) is 4.40. The second-order valence-corrected chi connectivity index (χ2v) is 7.15. The minimum atomic E-state index is -3.69. The zero-order valence-electron chi connectivity index (χ0n) is 11.0. The van der Waals surface area contributed by atoms with E-state index < -0.39 is 10.0 Å². The number of sulfonamides is 1. The van der Waals surface area contributed by atoms with E-state index in [9.17, 15) is 8.42 Å². The number of fused-ring (bicyclic) bond motifs is 1. The minimum absolute atomic E-state index is 0.186. The predicted molar refractivity (Wildman–Crippen MR) is 84.8 cm³/mol. The van der Waals surface area contributed by atoms with Crippen molar-refractivity contribution in [2.75, 3.05) is 4.72 Å². The fraction of sp³-hybridized carbons (Fsp3) is 0.0714. The number of nitrogens with two attached hydrogens (primary N) is 1. The second kappa shape index (κ2) is 5.44. The molecule has 3 aromatic rings. The van der Waals surface area contributed by atoms with Gasteiger partial charge in [-0.05, 0) is 18.2 Å². The van der Waals surface area contributed by atoms with Crippen molar-refractivity contribution in [3.63, 3.8) is 0 Å². The van der Waals surface area contributed by atoms with Gasteiger partial charge in [-0.3, -0.25) is 9.71 Å². The van der Waals surface area contributed by atoms with Gasteiger partial charge < -0.3 is 5.73 Å². The fourth-order valence-electron chi connectivity index (χ4n) is 2.13. The van der Waals surface area contributed by atoms with Crippen molar-refractivity contribution < 1.29 is 8.42 Å². The normalized spacial score (nSPS) is 11.7. The molecular formula is C14H13N3O2S2. The highest BCUT2D eigenvalue weighted by molar-refractivity contribution is 7.93. The van der Waals surface area contributed by atoms with Gasteiger partial charge in [0.2, 0.25) is 0 Å². The van der Waals surface area contributed by atoms with Gasteiger partial charge in [0.1, 0.15) is 4.90 Å². The van der Waals surface area contributed by atoms with Gasteiger partial charge in [-0.2, -0.15) is 0 Å². The van der Waals surface area contributed by atoms with E-state index in [0.717, 1.165) is 4.70 Å². The van der Waals surface area contributed by atoms with Gasteiger partial charge in [-0.1, -0.05) is 18.2 Å². The van der Waals surface area contributed by atoms with E-state index in [0.29, 0.717) is 16.0 Å². The number of hydrogen-bond donors (Lipinski definition) is 2. The van der Waals surface area contributed by atoms with Crippen LogP contribution in [0, 0.1) is 0 Å². The Morgan fingerprint density at radius 1 is 1.14 bits per heavy atom. The molecule has 0 fully saturated rings. The smallest absolute Gasteiger partial charge is 0.263 e. The summed E-state index contributed by atoms with van der Waals surface area (Å²) in [5, 5.41) is 0.699. The van der Waals surface area contributed by atoms with Gasteiger partial charge in [0.05, 0.1) is 5.69 Å². The van der Waals surface area contributed by atoms with E-state index in [-0.39, 0.29) is 11.4 Å². The van der Waals surface area contributed by atoms with E-state index in [1.165, 1.54) is 23.7 Å². The van der Waals surface area contributed by atoms with Crippen LogP contribution in [-0.2, 0) is 16.6 Å². The molecule has 1 aromatic carbocycles. The summed E-state index contributed by atoms with van der Waals surface area (Å²) in [6, 6.07) is 10.6. The first-order chi connectivity index (χ1) is 10.1. The number of hydrogen-bond acceptors (Lipinski definition) is 5. The van der Waals surface area contributed by atoms with Crippen molar-refractivity contribution in [2.24, 2.45) is 5.73 Å². The summed E-state index contributed by atoms with van der Waals surface area (Å²) in [5.41, 5.74) is 6.19. The number of pyridine rings is 1. The Kier molecular flexibility index (Phi) is 3.62. The quantitative estimate of drug-likeness (QED) is 0.774. The van der Waals surface area contributed by atoms with Gasteiger partial charge in [0.25, 0.3) is 10.0 Å². The van der Waals surface area contributed by atoms with E-state index in [1.54, 1.807) is 18.2 Å². The van der Waals surface area contributed by atoms with Gasteiger partial charge in [-0.15, -0.1) is 11.3 Å². The van der Waals surface area contributed by atoms with Gasteiger partial charge >= 0.3 is 0 Å². The maximum absolute atomic E-state index is 12.7. The minimum Gasteiger partial charge on any atom is -0.326 e. The van der Waals surface area contributed by atoms with Crippen LogP contribution in [0.4, 0.5) is 5.69 Å². The third-order valence-corrected chi connectivity index (χ3v) is 5.84. The molecule has 108 valence electrons. The summed E-state index contributed by atoms with van der Waals surface area (Å²) in [6.07, 6.45) is 3.07. The highest BCUT2D eigenvalue weighted by atomic mass is 32.2. The highest BCUT2D eigenvalue weighted by Gasteiger charge is 2.23. The molecule has 0 atom stereocenters. The molecule has 0 aliphatic heterocycles. The zero-order chi connectivity index (χ0) is 14.9. The summed E-state index contributed by atoms with van der Waals surface area (Å²) < 4.78 is 28.8. The molecule has 7 heteroatoms. The Morgan fingerprint density at radius 3 is 2.57 bits per heavy atom. The largest absolute Gasteiger partial charge is 0.326 e. The molecular weight excluding hydrogens is 306 g/mol. The maximum Gasteiger partial charge on any atom is 0.263 e. The molecule has 2 aromatic heterocycles. The third kappa shape index (κ3) is 2.63. The Morgan fingerprint density at radius 2 is 1.86 bits per heavy atom. The van der Waals surface area contributed by atoms with E-state index in [1.807, 2.05) is 18.2 Å². The summed E-state index contributed by atoms with van der Waals surface area (Å²) in [5.74, 6) is 0. The van der Waals surface area contributed by atoms with Crippen molar-refractivity contribution in [3.8, 4) is 0 Å². The van der Waals surface area contributed by atoms with Crippen LogP contribution < -0.4 is 10.5 Å². The van der Waals surface area contributed by atoms with Crippen LogP contribution in [0.15, 0.2) is 53.7 Å². The van der Waals surface area contributed by atoms with Crippen LogP contribution in [-0.4, -0.2) is 13.4 Å². The molecule has 3 rings (SSSR count). The van der Waals surface area contributed by atoms with Crippen molar-refractivity contribution in [1.82, 2.24) is 4.98 Å². The molecule has 0 radical (unpaired) electrons. The topological polar surface area (TPSA) is 85.1 Å². The first kappa shape index (κ1) is 14.0. The number of benzene rings is 1. The van der Waals surface area contributed by atoms with Crippen molar-refractivity contribution >= 4 is 37.1 Å². The first-order valence-electron chi connectivity index (χ1n) is 6.25.